The van der Waals surface area contributed by atoms with Crippen molar-refractivity contribution in [3.63, 3.8) is 0 Å². The second kappa shape index (κ2) is 10.6. The summed E-state index contributed by atoms with van der Waals surface area (Å²) in [5.74, 6) is 0. The fraction of sp³-hybridized carbons (Fsp3) is 0.143. The van der Waals surface area contributed by atoms with Crippen LogP contribution in [0.3, 0.4) is 0 Å². The molecule has 0 N–H and O–H groups in total. The zero-order valence-corrected chi connectivity index (χ0v) is 18.7. The van der Waals surface area contributed by atoms with E-state index in [4.69, 9.17) is 27.9 Å². The van der Waals surface area contributed by atoms with E-state index in [0.29, 0.717) is 13.2 Å². The third-order valence-electron chi connectivity index (χ3n) is 5.37. The van der Waals surface area contributed by atoms with Gasteiger partial charge >= 0.3 is 0 Å². The third kappa shape index (κ3) is 6.21. The predicted molar refractivity (Wildman–Crippen MR) is 130 cm³/mol. The highest BCUT2D eigenvalue weighted by molar-refractivity contribution is 6.30. The summed E-state index contributed by atoms with van der Waals surface area (Å²) in [6, 6.07) is 33.0. The molecule has 0 saturated heterocycles. The first kappa shape index (κ1) is 21.6. The number of rotatable bonds is 8. The Labute approximate surface area is 194 Å². The van der Waals surface area contributed by atoms with Crippen LogP contribution in [-0.4, -0.2) is 0 Å². The van der Waals surface area contributed by atoms with E-state index in [1.807, 2.05) is 24.3 Å². The summed E-state index contributed by atoms with van der Waals surface area (Å²) in [4.78, 5) is 0. The lowest BCUT2D eigenvalue weighted by molar-refractivity contribution is 0.106. The lowest BCUT2D eigenvalue weighted by Crippen LogP contribution is -2.02. The Morgan fingerprint density at radius 3 is 1.19 bits per heavy atom. The number of hydrogen-bond acceptors (Lipinski definition) is 1. The number of ether oxygens (including phenoxy) is 1. The molecule has 4 rings (SSSR count). The summed E-state index contributed by atoms with van der Waals surface area (Å²) in [7, 11) is 0. The average molecular weight is 447 g/mol. The molecule has 0 fully saturated rings. The van der Waals surface area contributed by atoms with Gasteiger partial charge in [0, 0.05) is 10.0 Å². The molecular formula is C28H24Cl2O. The van der Waals surface area contributed by atoms with E-state index in [1.54, 1.807) is 0 Å². The minimum absolute atomic E-state index is 0.582. The first-order chi connectivity index (χ1) is 15.2. The van der Waals surface area contributed by atoms with Crippen LogP contribution >= 0.6 is 23.2 Å². The van der Waals surface area contributed by atoms with Gasteiger partial charge in [-0.25, -0.2) is 0 Å². The van der Waals surface area contributed by atoms with Crippen molar-refractivity contribution in [2.45, 2.75) is 26.1 Å². The third-order valence-corrected chi connectivity index (χ3v) is 5.87. The Morgan fingerprint density at radius 1 is 0.452 bits per heavy atom. The molecule has 0 atom stereocenters. The molecular weight excluding hydrogens is 423 g/mol. The van der Waals surface area contributed by atoms with E-state index in [9.17, 15) is 0 Å². The summed E-state index contributed by atoms with van der Waals surface area (Å²) in [6.07, 6.45) is 1.73. The normalized spacial score (nSPS) is 10.9. The molecule has 0 aliphatic rings. The highest BCUT2D eigenvalue weighted by Gasteiger charge is 2.07. The topological polar surface area (TPSA) is 9.23 Å². The quantitative estimate of drug-likeness (QED) is 0.267. The fourth-order valence-electron chi connectivity index (χ4n) is 3.66. The van der Waals surface area contributed by atoms with Gasteiger partial charge in [0.15, 0.2) is 0 Å². The van der Waals surface area contributed by atoms with Crippen molar-refractivity contribution in [1.29, 1.82) is 0 Å². The number of halogens is 2. The van der Waals surface area contributed by atoms with Crippen LogP contribution in [0.2, 0.25) is 10.0 Å². The molecule has 0 aromatic heterocycles. The lowest BCUT2D eigenvalue weighted by atomic mass is 9.99. The molecule has 1 nitrogen and oxygen atoms in total. The van der Waals surface area contributed by atoms with Gasteiger partial charge in [0.2, 0.25) is 0 Å². The van der Waals surface area contributed by atoms with Gasteiger partial charge in [0.05, 0.1) is 13.2 Å². The molecule has 31 heavy (non-hydrogen) atoms. The summed E-state index contributed by atoms with van der Waals surface area (Å²) in [6.45, 7) is 1.16. The Kier molecular flexibility index (Phi) is 7.43. The van der Waals surface area contributed by atoms with Crippen LogP contribution in [0.15, 0.2) is 97.1 Å². The van der Waals surface area contributed by atoms with E-state index in [1.165, 1.54) is 33.4 Å². The predicted octanol–water partition coefficient (Wildman–Crippen LogP) is 7.89. The molecule has 0 saturated carbocycles. The maximum Gasteiger partial charge on any atom is 0.0724 e. The van der Waals surface area contributed by atoms with Crippen molar-refractivity contribution in [2.75, 3.05) is 0 Å². The Hall–Kier alpha value is -2.58. The van der Waals surface area contributed by atoms with Gasteiger partial charge in [-0.1, -0.05) is 96.0 Å². The van der Waals surface area contributed by atoms with E-state index in [0.717, 1.165) is 22.9 Å². The molecule has 4 aromatic rings. The van der Waals surface area contributed by atoms with Crippen molar-refractivity contribution in [3.8, 4) is 0 Å². The van der Waals surface area contributed by atoms with Gasteiger partial charge in [0.1, 0.15) is 0 Å². The van der Waals surface area contributed by atoms with Crippen molar-refractivity contribution in [2.24, 2.45) is 0 Å². The summed E-state index contributed by atoms with van der Waals surface area (Å²) < 4.78 is 6.16. The highest BCUT2D eigenvalue weighted by Crippen LogP contribution is 2.20. The minimum Gasteiger partial charge on any atom is -0.372 e. The molecule has 0 radical (unpaired) electrons. The van der Waals surface area contributed by atoms with E-state index in [2.05, 4.69) is 72.8 Å². The van der Waals surface area contributed by atoms with Crippen LogP contribution in [0.25, 0.3) is 0 Å². The van der Waals surface area contributed by atoms with E-state index >= 15 is 0 Å². The van der Waals surface area contributed by atoms with Gasteiger partial charge in [-0.05, 0) is 70.5 Å². The standard InChI is InChI=1S/C28H24Cl2O/c29-27-13-9-21(10-14-27)17-23-5-1-3-7-25(23)19-31-20-26-8-4-2-6-24(26)18-22-11-15-28(30)16-12-22/h1-16H,17-20H2. The zero-order chi connectivity index (χ0) is 21.5. The van der Waals surface area contributed by atoms with Crippen LogP contribution in [-0.2, 0) is 30.8 Å². The zero-order valence-electron chi connectivity index (χ0n) is 17.2. The van der Waals surface area contributed by atoms with Crippen LogP contribution in [0, 0.1) is 0 Å². The molecule has 0 unspecified atom stereocenters. The largest absolute Gasteiger partial charge is 0.372 e. The van der Waals surface area contributed by atoms with Gasteiger partial charge < -0.3 is 4.74 Å². The van der Waals surface area contributed by atoms with Crippen LogP contribution < -0.4 is 0 Å². The first-order valence-electron chi connectivity index (χ1n) is 10.4. The van der Waals surface area contributed by atoms with Crippen LogP contribution in [0.4, 0.5) is 0 Å². The first-order valence-corrected chi connectivity index (χ1v) is 11.1. The highest BCUT2D eigenvalue weighted by atomic mass is 35.5. The molecule has 3 heteroatoms. The van der Waals surface area contributed by atoms with Crippen LogP contribution in [0.1, 0.15) is 33.4 Å². The molecule has 0 aliphatic heterocycles. The average Bonchev–Trinajstić information content (AvgIpc) is 2.79. The SMILES string of the molecule is Clc1ccc(Cc2ccccc2COCc2ccccc2Cc2ccc(Cl)cc2)cc1. The Balaban J connectivity index is 1.41. The molecule has 0 spiro atoms. The van der Waals surface area contributed by atoms with Gasteiger partial charge in [-0.2, -0.15) is 0 Å². The van der Waals surface area contributed by atoms with Crippen molar-refractivity contribution in [3.05, 3.63) is 140 Å². The molecule has 0 amide bonds. The second-order valence-electron chi connectivity index (χ2n) is 7.64. The lowest BCUT2D eigenvalue weighted by Gasteiger charge is -2.13. The summed E-state index contributed by atoms with van der Waals surface area (Å²) in [5, 5.41) is 1.52. The van der Waals surface area contributed by atoms with Gasteiger partial charge in [0.25, 0.3) is 0 Å². The molecule has 0 bridgehead atoms. The van der Waals surface area contributed by atoms with Crippen LogP contribution in [0.5, 0.6) is 0 Å². The minimum atomic E-state index is 0.582. The molecule has 0 heterocycles. The molecule has 0 aliphatic carbocycles. The van der Waals surface area contributed by atoms with E-state index < -0.39 is 0 Å². The molecule has 156 valence electrons. The monoisotopic (exact) mass is 446 g/mol. The van der Waals surface area contributed by atoms with Gasteiger partial charge in [-0.15, -0.1) is 0 Å². The maximum absolute atomic E-state index is 6.16. The fourth-order valence-corrected chi connectivity index (χ4v) is 3.91. The number of benzene rings is 4. The maximum atomic E-state index is 6.16. The second-order valence-corrected chi connectivity index (χ2v) is 8.51. The number of hydrogen-bond donors (Lipinski definition) is 0. The van der Waals surface area contributed by atoms with Gasteiger partial charge in [-0.3, -0.25) is 0 Å². The Bertz CT molecular complexity index is 1030. The summed E-state index contributed by atoms with van der Waals surface area (Å²) in [5.41, 5.74) is 7.47. The smallest absolute Gasteiger partial charge is 0.0724 e. The van der Waals surface area contributed by atoms with Crippen molar-refractivity contribution in [1.82, 2.24) is 0 Å². The molecule has 4 aromatic carbocycles. The van der Waals surface area contributed by atoms with E-state index in [-0.39, 0.29) is 0 Å². The Morgan fingerprint density at radius 2 is 0.806 bits per heavy atom. The van der Waals surface area contributed by atoms with Crippen molar-refractivity contribution >= 4 is 23.2 Å². The van der Waals surface area contributed by atoms with Crippen molar-refractivity contribution < 1.29 is 4.74 Å². The summed E-state index contributed by atoms with van der Waals surface area (Å²) >= 11 is 12.0.